The molecule has 2 heterocycles. The second-order valence-corrected chi connectivity index (χ2v) is 4.78. The van der Waals surface area contributed by atoms with Crippen molar-refractivity contribution in [2.45, 2.75) is 12.8 Å². The Balaban J connectivity index is 1.84. The normalized spacial score (nSPS) is 17.9. The molecule has 1 aliphatic rings. The number of nitrogens with two attached hydrogens (primary N) is 1. The number of amides is 4. The van der Waals surface area contributed by atoms with Crippen LogP contribution in [0.4, 0.5) is 4.79 Å². The van der Waals surface area contributed by atoms with E-state index in [9.17, 15) is 14.4 Å². The van der Waals surface area contributed by atoms with Crippen LogP contribution in [0, 0.1) is 5.92 Å². The first-order chi connectivity index (χ1) is 10.1. The quantitative estimate of drug-likeness (QED) is 0.644. The van der Waals surface area contributed by atoms with Crippen molar-refractivity contribution in [1.82, 2.24) is 20.7 Å². The van der Waals surface area contributed by atoms with Crippen LogP contribution in [0.25, 0.3) is 0 Å². The largest absolute Gasteiger partial charge is 0.351 e. The van der Waals surface area contributed by atoms with Crippen molar-refractivity contribution < 1.29 is 14.4 Å². The van der Waals surface area contributed by atoms with Crippen LogP contribution in [-0.4, -0.2) is 40.8 Å². The summed E-state index contributed by atoms with van der Waals surface area (Å²) in [4.78, 5) is 40.1. The van der Waals surface area contributed by atoms with Crippen LogP contribution in [-0.2, 0) is 4.79 Å². The van der Waals surface area contributed by atoms with E-state index in [1.807, 2.05) is 0 Å². The molecule has 1 fully saturated rings. The van der Waals surface area contributed by atoms with Crippen LogP contribution in [0.2, 0.25) is 0 Å². The van der Waals surface area contributed by atoms with Gasteiger partial charge in [-0.25, -0.2) is 4.79 Å². The molecule has 4 N–H and O–H groups in total. The lowest BCUT2D eigenvalue weighted by Crippen LogP contribution is -2.51. The predicted octanol–water partition coefficient (Wildman–Crippen LogP) is -0.367. The van der Waals surface area contributed by atoms with E-state index in [0.717, 1.165) is 0 Å². The molecule has 1 atom stereocenters. The summed E-state index contributed by atoms with van der Waals surface area (Å²) < 4.78 is 0. The van der Waals surface area contributed by atoms with Crippen molar-refractivity contribution in [3.63, 3.8) is 0 Å². The number of carbonyl (C=O) groups is 3. The van der Waals surface area contributed by atoms with Crippen LogP contribution in [0.15, 0.2) is 24.4 Å². The molecule has 112 valence electrons. The van der Waals surface area contributed by atoms with Crippen molar-refractivity contribution in [3.8, 4) is 0 Å². The fourth-order valence-corrected chi connectivity index (χ4v) is 2.17. The van der Waals surface area contributed by atoms with Gasteiger partial charge in [0, 0.05) is 19.3 Å². The first-order valence-corrected chi connectivity index (χ1v) is 6.63. The number of hydrogen-bond donors (Lipinski definition) is 3. The lowest BCUT2D eigenvalue weighted by molar-refractivity contribution is -0.127. The third kappa shape index (κ3) is 3.91. The van der Waals surface area contributed by atoms with Gasteiger partial charge < -0.3 is 10.6 Å². The summed E-state index contributed by atoms with van der Waals surface area (Å²) in [5, 5.41) is 0. The molecule has 1 aromatic heterocycles. The molecule has 0 saturated carbocycles. The molecule has 0 aliphatic carbocycles. The third-order valence-electron chi connectivity index (χ3n) is 3.30. The molecule has 21 heavy (non-hydrogen) atoms. The van der Waals surface area contributed by atoms with Gasteiger partial charge in [0.2, 0.25) is 5.91 Å². The number of pyridine rings is 1. The Hall–Kier alpha value is -2.64. The van der Waals surface area contributed by atoms with E-state index < -0.39 is 11.9 Å². The molecule has 0 bridgehead atoms. The smallest absolute Gasteiger partial charge is 0.314 e. The van der Waals surface area contributed by atoms with Gasteiger partial charge in [-0.1, -0.05) is 6.07 Å². The number of aromatic nitrogens is 1. The van der Waals surface area contributed by atoms with E-state index in [4.69, 9.17) is 5.73 Å². The molecule has 1 aromatic rings. The Labute approximate surface area is 121 Å². The molecule has 8 nitrogen and oxygen atoms in total. The minimum Gasteiger partial charge on any atom is -0.351 e. The molecule has 1 aliphatic heterocycles. The fourth-order valence-electron chi connectivity index (χ4n) is 2.17. The zero-order valence-electron chi connectivity index (χ0n) is 11.4. The number of hydrogen-bond acceptors (Lipinski definition) is 4. The summed E-state index contributed by atoms with van der Waals surface area (Å²) in [6, 6.07) is 4.37. The van der Waals surface area contributed by atoms with Crippen LogP contribution >= 0.6 is 0 Å². The number of urea groups is 1. The lowest BCUT2D eigenvalue weighted by Gasteiger charge is -2.30. The van der Waals surface area contributed by atoms with Crippen LogP contribution in [0.1, 0.15) is 23.3 Å². The maximum atomic E-state index is 12.0. The minimum absolute atomic E-state index is 0.209. The second-order valence-electron chi connectivity index (χ2n) is 4.78. The number of nitrogens with zero attached hydrogens (tertiary/aromatic N) is 2. The van der Waals surface area contributed by atoms with Gasteiger partial charge in [0.15, 0.2) is 0 Å². The summed E-state index contributed by atoms with van der Waals surface area (Å²) in [6.45, 7) is 0.819. The molecule has 0 unspecified atom stereocenters. The average molecular weight is 291 g/mol. The SMILES string of the molecule is NC(=O)N1CCC[C@@H](C(=O)NNC(=O)c2ccccn2)C1. The average Bonchev–Trinajstić information content (AvgIpc) is 2.53. The molecule has 0 radical (unpaired) electrons. The van der Waals surface area contributed by atoms with Gasteiger partial charge in [0.25, 0.3) is 5.91 Å². The van der Waals surface area contributed by atoms with Gasteiger partial charge >= 0.3 is 6.03 Å². The molecular weight excluding hydrogens is 274 g/mol. The number of carbonyl (C=O) groups excluding carboxylic acids is 3. The fraction of sp³-hybridized carbons (Fsp3) is 0.385. The highest BCUT2D eigenvalue weighted by molar-refractivity contribution is 5.93. The number of nitrogens with one attached hydrogen (secondary N) is 2. The Kier molecular flexibility index (Phi) is 4.70. The maximum absolute atomic E-state index is 12.0. The first-order valence-electron chi connectivity index (χ1n) is 6.63. The summed E-state index contributed by atoms with van der Waals surface area (Å²) in [7, 11) is 0. The van der Waals surface area contributed by atoms with Crippen LogP contribution in [0.3, 0.4) is 0 Å². The summed E-state index contributed by atoms with van der Waals surface area (Å²) >= 11 is 0. The van der Waals surface area contributed by atoms with Gasteiger partial charge in [-0.15, -0.1) is 0 Å². The van der Waals surface area contributed by atoms with Gasteiger partial charge in [-0.2, -0.15) is 0 Å². The first kappa shape index (κ1) is 14.8. The summed E-state index contributed by atoms with van der Waals surface area (Å²) in [6.07, 6.45) is 2.84. The number of rotatable bonds is 2. The Morgan fingerprint density at radius 3 is 2.76 bits per heavy atom. The zero-order chi connectivity index (χ0) is 15.2. The van der Waals surface area contributed by atoms with Crippen molar-refractivity contribution in [1.29, 1.82) is 0 Å². The number of likely N-dealkylation sites (tertiary alicyclic amines) is 1. The van der Waals surface area contributed by atoms with Crippen molar-refractivity contribution >= 4 is 17.8 Å². The molecular formula is C13H17N5O3. The van der Waals surface area contributed by atoms with Gasteiger partial charge in [-0.05, 0) is 25.0 Å². The van der Waals surface area contributed by atoms with Crippen molar-refractivity contribution in [2.75, 3.05) is 13.1 Å². The molecule has 4 amide bonds. The minimum atomic E-state index is -0.537. The standard InChI is InChI=1S/C13H17N5O3/c14-13(21)18-7-3-4-9(8-18)11(19)16-17-12(20)10-5-1-2-6-15-10/h1-2,5-6,9H,3-4,7-8H2,(H2,14,21)(H,16,19)(H,17,20)/t9-/m1/s1. The van der Waals surface area contributed by atoms with Crippen molar-refractivity contribution in [2.24, 2.45) is 11.7 Å². The van der Waals surface area contributed by atoms with Gasteiger partial charge in [0.1, 0.15) is 5.69 Å². The zero-order valence-corrected chi connectivity index (χ0v) is 11.4. The molecule has 8 heteroatoms. The molecule has 1 saturated heterocycles. The highest BCUT2D eigenvalue weighted by Gasteiger charge is 2.27. The lowest BCUT2D eigenvalue weighted by atomic mass is 9.98. The van der Waals surface area contributed by atoms with Crippen molar-refractivity contribution in [3.05, 3.63) is 30.1 Å². The van der Waals surface area contributed by atoms with E-state index in [2.05, 4.69) is 15.8 Å². The molecule has 2 rings (SSSR count). The topological polar surface area (TPSA) is 117 Å². The molecule has 0 spiro atoms. The third-order valence-corrected chi connectivity index (χ3v) is 3.30. The Bertz CT molecular complexity index is 534. The maximum Gasteiger partial charge on any atom is 0.314 e. The number of primary amides is 1. The second kappa shape index (κ2) is 6.69. The Morgan fingerprint density at radius 1 is 1.29 bits per heavy atom. The van der Waals surface area contributed by atoms with E-state index in [1.165, 1.54) is 17.2 Å². The molecule has 0 aromatic carbocycles. The van der Waals surface area contributed by atoms with Crippen LogP contribution < -0.4 is 16.6 Å². The van der Waals surface area contributed by atoms with Gasteiger partial charge in [-0.3, -0.25) is 25.4 Å². The van der Waals surface area contributed by atoms with E-state index in [-0.39, 0.29) is 24.1 Å². The van der Waals surface area contributed by atoms with E-state index in [0.29, 0.717) is 19.4 Å². The summed E-state index contributed by atoms with van der Waals surface area (Å²) in [5.41, 5.74) is 10.1. The number of hydrazine groups is 1. The van der Waals surface area contributed by atoms with Gasteiger partial charge in [0.05, 0.1) is 5.92 Å². The Morgan fingerprint density at radius 2 is 2.10 bits per heavy atom. The highest BCUT2D eigenvalue weighted by Crippen LogP contribution is 2.15. The summed E-state index contributed by atoms with van der Waals surface area (Å²) in [5.74, 6) is -1.22. The predicted molar refractivity (Wildman–Crippen MR) is 73.7 cm³/mol. The number of piperidine rings is 1. The van der Waals surface area contributed by atoms with Crippen LogP contribution in [0.5, 0.6) is 0 Å². The highest BCUT2D eigenvalue weighted by atomic mass is 16.2. The van der Waals surface area contributed by atoms with E-state index in [1.54, 1.807) is 12.1 Å². The van der Waals surface area contributed by atoms with E-state index >= 15 is 0 Å². The monoisotopic (exact) mass is 291 g/mol.